The van der Waals surface area contributed by atoms with Crippen LogP contribution in [0.3, 0.4) is 0 Å². The zero-order chi connectivity index (χ0) is 19.4. The highest BCUT2D eigenvalue weighted by Gasteiger charge is 2.16. The predicted molar refractivity (Wildman–Crippen MR) is 113 cm³/mol. The highest BCUT2D eigenvalue weighted by Crippen LogP contribution is 2.28. The number of hydrogen-bond acceptors (Lipinski definition) is 5. The van der Waals surface area contributed by atoms with E-state index in [4.69, 9.17) is 28.6 Å². The van der Waals surface area contributed by atoms with Gasteiger partial charge in [0.25, 0.3) is 0 Å². The quantitative estimate of drug-likeness (QED) is 0.466. The van der Waals surface area contributed by atoms with Crippen LogP contribution in [0.2, 0.25) is 5.02 Å². The second-order valence-electron chi connectivity index (χ2n) is 5.72. The maximum atomic E-state index is 11.8. The number of aryl methyl sites for hydroxylation is 1. The first-order valence-corrected chi connectivity index (χ1v) is 9.58. The van der Waals surface area contributed by atoms with E-state index in [0.717, 1.165) is 16.1 Å². The topological polar surface area (TPSA) is 68.2 Å². The van der Waals surface area contributed by atoms with Crippen LogP contribution in [0.5, 0.6) is 0 Å². The van der Waals surface area contributed by atoms with Gasteiger partial charge >= 0.3 is 5.97 Å². The van der Waals surface area contributed by atoms with Crippen LogP contribution in [-0.4, -0.2) is 28.0 Å². The monoisotopic (exact) mass is 420 g/mol. The summed E-state index contributed by atoms with van der Waals surface area (Å²) in [5.74, 6) is -0.402. The minimum atomic E-state index is -0.402. The summed E-state index contributed by atoms with van der Waals surface area (Å²) in [6.45, 7) is 2.54. The van der Waals surface area contributed by atoms with Gasteiger partial charge in [-0.3, -0.25) is 4.68 Å². The first kappa shape index (κ1) is 19.3. The molecule has 0 radical (unpaired) electrons. The van der Waals surface area contributed by atoms with Crippen LogP contribution in [0.1, 0.15) is 20.8 Å². The van der Waals surface area contributed by atoms with Crippen molar-refractivity contribution >= 4 is 56.9 Å². The van der Waals surface area contributed by atoms with Gasteiger partial charge < -0.3 is 15.4 Å². The molecule has 0 atom stereocenters. The van der Waals surface area contributed by atoms with E-state index in [2.05, 4.69) is 15.7 Å². The fraction of sp³-hybridized carbons (Fsp3) is 0.167. The van der Waals surface area contributed by atoms with Crippen LogP contribution < -0.4 is 10.6 Å². The highest BCUT2D eigenvalue weighted by molar-refractivity contribution is 7.80. The van der Waals surface area contributed by atoms with Crippen molar-refractivity contribution in [2.24, 2.45) is 0 Å². The van der Waals surface area contributed by atoms with Crippen molar-refractivity contribution in [3.05, 3.63) is 63.8 Å². The Labute approximate surface area is 171 Å². The van der Waals surface area contributed by atoms with Crippen molar-refractivity contribution in [2.75, 3.05) is 17.7 Å². The van der Waals surface area contributed by atoms with Gasteiger partial charge in [0.2, 0.25) is 0 Å². The number of benzene rings is 1. The normalized spacial score (nSPS) is 10.5. The molecule has 3 rings (SSSR count). The van der Waals surface area contributed by atoms with Crippen LogP contribution in [0, 0.1) is 6.92 Å². The number of carbonyl (C=O) groups excluding carboxylic acids is 1. The maximum absolute atomic E-state index is 11.8. The molecular weight excluding hydrogens is 404 g/mol. The Kier molecular flexibility index (Phi) is 6.10. The third-order valence-electron chi connectivity index (χ3n) is 3.64. The summed E-state index contributed by atoms with van der Waals surface area (Å²) in [7, 11) is 1.35. The number of anilines is 2. The molecule has 0 aliphatic carbocycles. The lowest BCUT2D eigenvalue weighted by molar-refractivity contribution is 0.0602. The van der Waals surface area contributed by atoms with Crippen molar-refractivity contribution in [1.82, 2.24) is 9.78 Å². The van der Waals surface area contributed by atoms with E-state index in [1.165, 1.54) is 18.4 Å². The lowest BCUT2D eigenvalue weighted by atomic mass is 10.2. The molecule has 0 saturated heterocycles. The van der Waals surface area contributed by atoms with E-state index in [0.29, 0.717) is 27.2 Å². The fourth-order valence-electron chi connectivity index (χ4n) is 2.43. The molecule has 0 amide bonds. The minimum Gasteiger partial charge on any atom is -0.465 e. The summed E-state index contributed by atoms with van der Waals surface area (Å²) in [5, 5.41) is 12.1. The summed E-state index contributed by atoms with van der Waals surface area (Å²) in [6.07, 6.45) is 3.54. The van der Waals surface area contributed by atoms with Crippen molar-refractivity contribution in [1.29, 1.82) is 0 Å². The molecule has 140 valence electrons. The maximum Gasteiger partial charge on any atom is 0.340 e. The van der Waals surface area contributed by atoms with Gasteiger partial charge in [-0.15, -0.1) is 11.3 Å². The summed E-state index contributed by atoms with van der Waals surface area (Å²) < 4.78 is 6.59. The summed E-state index contributed by atoms with van der Waals surface area (Å²) in [4.78, 5) is 12.8. The zero-order valence-corrected chi connectivity index (χ0v) is 17.0. The van der Waals surface area contributed by atoms with E-state index in [-0.39, 0.29) is 0 Å². The number of nitrogens with one attached hydrogen (secondary N) is 2. The average molecular weight is 421 g/mol. The average Bonchev–Trinajstić information content (AvgIpc) is 3.22. The highest BCUT2D eigenvalue weighted by atomic mass is 35.5. The number of esters is 1. The van der Waals surface area contributed by atoms with Crippen molar-refractivity contribution in [3.63, 3.8) is 0 Å². The fourth-order valence-corrected chi connectivity index (χ4v) is 3.74. The van der Waals surface area contributed by atoms with Crippen LogP contribution in [0.25, 0.3) is 0 Å². The van der Waals surface area contributed by atoms with Gasteiger partial charge in [0.15, 0.2) is 5.11 Å². The molecule has 0 aliphatic rings. The number of carbonyl (C=O) groups is 1. The molecule has 0 unspecified atom stereocenters. The molecule has 0 saturated carbocycles. The smallest absolute Gasteiger partial charge is 0.340 e. The number of hydrogen-bond donors (Lipinski definition) is 2. The predicted octanol–water partition coefficient (Wildman–Crippen LogP) is 4.55. The van der Waals surface area contributed by atoms with Gasteiger partial charge in [-0.1, -0.05) is 23.7 Å². The first-order valence-electron chi connectivity index (χ1n) is 7.98. The van der Waals surface area contributed by atoms with E-state index in [9.17, 15) is 4.79 Å². The largest absolute Gasteiger partial charge is 0.465 e. The Morgan fingerprint density at radius 3 is 2.78 bits per heavy atom. The number of aromatic nitrogens is 2. The van der Waals surface area contributed by atoms with Crippen LogP contribution in [-0.2, 0) is 11.3 Å². The lowest BCUT2D eigenvalue weighted by Crippen LogP contribution is -2.19. The molecule has 1 aromatic carbocycles. The van der Waals surface area contributed by atoms with E-state index >= 15 is 0 Å². The molecule has 2 N–H and O–H groups in total. The molecule has 0 bridgehead atoms. The summed E-state index contributed by atoms with van der Waals surface area (Å²) in [5.41, 5.74) is 2.29. The van der Waals surface area contributed by atoms with Gasteiger partial charge in [-0.05, 0) is 42.9 Å². The second-order valence-corrected chi connectivity index (χ2v) is 7.82. The Morgan fingerprint density at radius 1 is 1.33 bits per heavy atom. The SMILES string of the molecule is COC(=O)c1cc(C)sc1NC(=S)Nc1cnn(Cc2ccc(Cl)cc2)c1. The number of ether oxygens (including phenoxy) is 1. The second kappa shape index (κ2) is 8.51. The number of thiocarbonyl (C=S) groups is 1. The van der Waals surface area contributed by atoms with E-state index < -0.39 is 5.97 Å². The van der Waals surface area contributed by atoms with Gasteiger partial charge in [0.1, 0.15) is 5.00 Å². The third-order valence-corrected chi connectivity index (χ3v) is 5.06. The molecule has 9 heteroatoms. The number of nitrogens with zero attached hydrogens (tertiary/aromatic N) is 2. The Hall–Kier alpha value is -2.42. The van der Waals surface area contributed by atoms with Crippen molar-refractivity contribution < 1.29 is 9.53 Å². The first-order chi connectivity index (χ1) is 12.9. The van der Waals surface area contributed by atoms with Gasteiger partial charge in [0.05, 0.1) is 31.1 Å². The Bertz CT molecular complexity index is 966. The van der Waals surface area contributed by atoms with Crippen molar-refractivity contribution in [2.45, 2.75) is 13.5 Å². The number of thiophene rings is 1. The molecule has 0 spiro atoms. The number of halogens is 1. The van der Waals surface area contributed by atoms with E-state index in [1.807, 2.05) is 37.4 Å². The van der Waals surface area contributed by atoms with Gasteiger partial charge in [-0.25, -0.2) is 4.79 Å². The molecule has 0 fully saturated rings. The Morgan fingerprint density at radius 2 is 2.07 bits per heavy atom. The van der Waals surface area contributed by atoms with Crippen LogP contribution in [0.4, 0.5) is 10.7 Å². The lowest BCUT2D eigenvalue weighted by Gasteiger charge is -2.08. The molecular formula is C18H17ClN4O2S2. The number of rotatable bonds is 5. The molecule has 0 aliphatic heterocycles. The van der Waals surface area contributed by atoms with Crippen LogP contribution >= 0.6 is 35.2 Å². The molecule has 2 aromatic heterocycles. The summed E-state index contributed by atoms with van der Waals surface area (Å²) in [6, 6.07) is 9.38. The Balaban J connectivity index is 1.63. The van der Waals surface area contributed by atoms with Gasteiger partial charge in [0, 0.05) is 16.1 Å². The summed E-state index contributed by atoms with van der Waals surface area (Å²) >= 11 is 12.7. The molecule has 2 heterocycles. The zero-order valence-electron chi connectivity index (χ0n) is 14.7. The van der Waals surface area contributed by atoms with E-state index in [1.54, 1.807) is 16.9 Å². The molecule has 6 nitrogen and oxygen atoms in total. The van der Waals surface area contributed by atoms with Crippen LogP contribution in [0.15, 0.2) is 42.7 Å². The standard InChI is InChI=1S/C18H17ClN4O2S2/c1-11-7-15(17(24)25-2)16(27-11)22-18(26)21-14-8-20-23(10-14)9-12-3-5-13(19)6-4-12/h3-8,10H,9H2,1-2H3,(H2,21,22,26). The molecule has 27 heavy (non-hydrogen) atoms. The molecule has 3 aromatic rings. The minimum absolute atomic E-state index is 0.369. The third kappa shape index (κ3) is 5.06. The van der Waals surface area contributed by atoms with Gasteiger partial charge in [-0.2, -0.15) is 5.10 Å². The number of methoxy groups -OCH3 is 1. The van der Waals surface area contributed by atoms with Crippen molar-refractivity contribution in [3.8, 4) is 0 Å².